The first-order valence-corrected chi connectivity index (χ1v) is 18.4. The number of thioether (sulfide) groups is 1. The number of carbonyl (C=O) groups is 2. The molecule has 0 unspecified atom stereocenters. The molecule has 6 nitrogen and oxygen atoms in total. The van der Waals surface area contributed by atoms with Crippen LogP contribution in [0.3, 0.4) is 0 Å². The van der Waals surface area contributed by atoms with Crippen LogP contribution in [0.1, 0.15) is 142 Å². The number of unbranched alkanes of at least 4 members (excludes halogenated alkanes) is 19. The number of carboxylic acid groups (broad SMARTS) is 1. The van der Waals surface area contributed by atoms with E-state index in [2.05, 4.69) is 12.2 Å². The van der Waals surface area contributed by atoms with Crippen LogP contribution in [-0.4, -0.2) is 58.3 Å². The zero-order valence-corrected chi connectivity index (χ0v) is 28.7. The van der Waals surface area contributed by atoms with E-state index in [9.17, 15) is 14.7 Å². The third-order valence-electron chi connectivity index (χ3n) is 6.96. The van der Waals surface area contributed by atoms with Gasteiger partial charge in [0.2, 0.25) is 3.79 Å². The molecule has 0 rings (SSSR count). The highest BCUT2D eigenvalue weighted by atomic mass is 35.6. The molecule has 0 fully saturated rings. The fourth-order valence-electron chi connectivity index (χ4n) is 4.53. The molecular weight excluding hydrogens is 605 g/mol. The number of alkyl carbamates (subject to hydrolysis) is 1. The predicted molar refractivity (Wildman–Crippen MR) is 177 cm³/mol. The van der Waals surface area contributed by atoms with Crippen molar-refractivity contribution in [1.82, 2.24) is 5.32 Å². The second-order valence-corrected chi connectivity index (χ2v) is 14.7. The number of rotatable bonds is 30. The molecule has 0 radical (unpaired) electrons. The highest BCUT2D eigenvalue weighted by Crippen LogP contribution is 2.26. The fraction of sp³-hybridized carbons (Fsp3) is 0.935. The summed E-state index contributed by atoms with van der Waals surface area (Å²) in [6.45, 7) is 3.25. The second-order valence-electron chi connectivity index (χ2n) is 11.0. The van der Waals surface area contributed by atoms with Crippen molar-refractivity contribution < 1.29 is 24.2 Å². The quantitative estimate of drug-likeness (QED) is 0.0588. The Morgan fingerprint density at radius 2 is 1.12 bits per heavy atom. The Morgan fingerprint density at radius 3 is 1.54 bits per heavy atom. The SMILES string of the molecule is CCCCCCCCCCCCCCCCCCCCCCOCCCSC[C@H](NC(=O)OCC(Cl)(Cl)Cl)C(=O)O. The Kier molecular flexibility index (Phi) is 29.9. The predicted octanol–water partition coefficient (Wildman–Crippen LogP) is 10.5. The summed E-state index contributed by atoms with van der Waals surface area (Å²) in [4.78, 5) is 23.0. The van der Waals surface area contributed by atoms with Gasteiger partial charge < -0.3 is 19.9 Å². The van der Waals surface area contributed by atoms with E-state index >= 15 is 0 Å². The van der Waals surface area contributed by atoms with Gasteiger partial charge in [0.05, 0.1) is 0 Å². The largest absolute Gasteiger partial charge is 0.480 e. The van der Waals surface area contributed by atoms with Crippen LogP contribution >= 0.6 is 46.6 Å². The number of aliphatic carboxylic acids is 1. The smallest absolute Gasteiger partial charge is 0.408 e. The molecule has 0 saturated carbocycles. The first kappa shape index (κ1) is 40.9. The maximum Gasteiger partial charge on any atom is 0.408 e. The van der Waals surface area contributed by atoms with E-state index in [1.807, 2.05) is 0 Å². The van der Waals surface area contributed by atoms with E-state index in [4.69, 9.17) is 44.3 Å². The van der Waals surface area contributed by atoms with Crippen LogP contribution in [0.5, 0.6) is 0 Å². The van der Waals surface area contributed by atoms with Crippen molar-refractivity contribution >= 4 is 58.6 Å². The number of hydrogen-bond acceptors (Lipinski definition) is 5. The van der Waals surface area contributed by atoms with E-state index < -0.39 is 28.5 Å². The Balaban J connectivity index is 3.34. The first-order valence-electron chi connectivity index (χ1n) is 16.1. The molecule has 0 heterocycles. The molecule has 0 aromatic heterocycles. The van der Waals surface area contributed by atoms with Crippen LogP contribution < -0.4 is 5.32 Å². The molecular formula is C31H58Cl3NO5S. The van der Waals surface area contributed by atoms with Crippen LogP contribution in [0, 0.1) is 0 Å². The minimum absolute atomic E-state index is 0.220. The third kappa shape index (κ3) is 32.7. The number of ether oxygens (including phenoxy) is 2. The fourth-order valence-corrected chi connectivity index (χ4v) is 5.65. The summed E-state index contributed by atoms with van der Waals surface area (Å²) in [5.41, 5.74) is 0. The van der Waals surface area contributed by atoms with Gasteiger partial charge in [-0.3, -0.25) is 0 Å². The molecule has 1 amide bonds. The Morgan fingerprint density at radius 1 is 0.707 bits per heavy atom. The van der Waals surface area contributed by atoms with Crippen LogP contribution in [0.4, 0.5) is 4.79 Å². The summed E-state index contributed by atoms with van der Waals surface area (Å²) in [6, 6.07) is -1.07. The molecule has 10 heteroatoms. The van der Waals surface area contributed by atoms with Crippen molar-refractivity contribution in [1.29, 1.82) is 0 Å². The van der Waals surface area contributed by atoms with Crippen LogP contribution in [-0.2, 0) is 14.3 Å². The lowest BCUT2D eigenvalue weighted by molar-refractivity contribution is -0.138. The number of carbonyl (C=O) groups excluding carboxylic acids is 1. The van der Waals surface area contributed by atoms with Crippen molar-refractivity contribution in [2.24, 2.45) is 0 Å². The zero-order valence-electron chi connectivity index (χ0n) is 25.6. The molecule has 244 valence electrons. The van der Waals surface area contributed by atoms with Gasteiger partial charge in [-0.15, -0.1) is 0 Å². The van der Waals surface area contributed by atoms with Gasteiger partial charge in [-0.05, 0) is 18.6 Å². The summed E-state index contributed by atoms with van der Waals surface area (Å²) in [6.07, 6.45) is 27.4. The summed E-state index contributed by atoms with van der Waals surface area (Å²) in [5.74, 6) is -0.176. The van der Waals surface area contributed by atoms with Crippen molar-refractivity contribution in [3.8, 4) is 0 Å². The molecule has 0 bridgehead atoms. The van der Waals surface area contributed by atoms with Gasteiger partial charge in [0.15, 0.2) is 0 Å². The number of carboxylic acids is 1. The lowest BCUT2D eigenvalue weighted by Gasteiger charge is -2.16. The molecule has 2 N–H and O–H groups in total. The maximum atomic E-state index is 11.7. The Bertz CT molecular complexity index is 611. The van der Waals surface area contributed by atoms with Gasteiger partial charge in [-0.2, -0.15) is 11.8 Å². The highest BCUT2D eigenvalue weighted by molar-refractivity contribution is 7.99. The lowest BCUT2D eigenvalue weighted by atomic mass is 10.0. The summed E-state index contributed by atoms with van der Waals surface area (Å²) >= 11 is 18.0. The van der Waals surface area contributed by atoms with Crippen LogP contribution in [0.15, 0.2) is 0 Å². The summed E-state index contributed by atoms with van der Waals surface area (Å²) in [7, 11) is 0. The topological polar surface area (TPSA) is 84.9 Å². The van der Waals surface area contributed by atoms with Gasteiger partial charge >= 0.3 is 12.1 Å². The van der Waals surface area contributed by atoms with Crippen LogP contribution in [0.2, 0.25) is 0 Å². The van der Waals surface area contributed by atoms with Crippen molar-refractivity contribution in [2.75, 3.05) is 31.3 Å². The standard InChI is InChI=1S/C31H58Cl3NO5S/c1-2-3-4-5-6-7-8-9-10-11-12-13-14-15-16-17-18-19-20-21-23-39-24-22-25-41-26-28(29(36)37)35-30(38)40-27-31(32,33)34/h28H,2-27H2,1H3,(H,35,38)(H,36,37)/t28-/m0/s1. The number of amides is 1. The van der Waals surface area contributed by atoms with E-state index in [0.29, 0.717) is 6.61 Å². The zero-order chi connectivity index (χ0) is 30.4. The van der Waals surface area contributed by atoms with E-state index in [0.717, 1.165) is 25.2 Å². The Hall–Kier alpha value is -0.0800. The molecule has 41 heavy (non-hydrogen) atoms. The van der Waals surface area contributed by atoms with E-state index in [1.165, 1.54) is 134 Å². The number of alkyl halides is 3. The van der Waals surface area contributed by atoms with Gasteiger partial charge in [-0.25, -0.2) is 9.59 Å². The minimum Gasteiger partial charge on any atom is -0.480 e. The molecule has 0 saturated heterocycles. The van der Waals surface area contributed by atoms with Gasteiger partial charge in [-0.1, -0.05) is 164 Å². The molecule has 0 aliphatic rings. The van der Waals surface area contributed by atoms with E-state index in [1.54, 1.807) is 0 Å². The normalized spacial score (nSPS) is 12.4. The van der Waals surface area contributed by atoms with Gasteiger partial charge in [0.25, 0.3) is 0 Å². The third-order valence-corrected chi connectivity index (χ3v) is 8.43. The summed E-state index contributed by atoms with van der Waals surface area (Å²) < 4.78 is 8.67. The second kappa shape index (κ2) is 30.0. The highest BCUT2D eigenvalue weighted by Gasteiger charge is 2.25. The summed E-state index contributed by atoms with van der Waals surface area (Å²) in [5, 5.41) is 11.5. The molecule has 0 aromatic rings. The molecule has 0 spiro atoms. The van der Waals surface area contributed by atoms with Crippen molar-refractivity contribution in [2.45, 2.75) is 152 Å². The maximum absolute atomic E-state index is 11.7. The lowest BCUT2D eigenvalue weighted by Crippen LogP contribution is -2.43. The van der Waals surface area contributed by atoms with Crippen molar-refractivity contribution in [3.05, 3.63) is 0 Å². The first-order chi connectivity index (χ1) is 19.8. The Labute approximate surface area is 270 Å². The van der Waals surface area contributed by atoms with Gasteiger partial charge in [0.1, 0.15) is 12.6 Å². The average molecular weight is 663 g/mol. The average Bonchev–Trinajstić information content (AvgIpc) is 2.92. The monoisotopic (exact) mass is 661 g/mol. The number of hydrogen-bond donors (Lipinski definition) is 2. The molecule has 0 aliphatic carbocycles. The number of nitrogens with one attached hydrogen (secondary N) is 1. The molecule has 0 aliphatic heterocycles. The number of halogens is 3. The van der Waals surface area contributed by atoms with E-state index in [-0.39, 0.29) is 5.75 Å². The molecule has 0 aromatic carbocycles. The minimum atomic E-state index is -1.74. The van der Waals surface area contributed by atoms with Crippen LogP contribution in [0.25, 0.3) is 0 Å². The van der Waals surface area contributed by atoms with Gasteiger partial charge in [0, 0.05) is 19.0 Å². The molecule has 1 atom stereocenters. The van der Waals surface area contributed by atoms with Crippen molar-refractivity contribution in [3.63, 3.8) is 0 Å².